The predicted molar refractivity (Wildman–Crippen MR) is 117 cm³/mol. The maximum Gasteiger partial charge on any atom is 0.193 e. The van der Waals surface area contributed by atoms with Gasteiger partial charge in [0.25, 0.3) is 0 Å². The molecule has 1 aliphatic carbocycles. The first-order valence-electron chi connectivity index (χ1n) is 10.6. The Morgan fingerprint density at radius 1 is 1.00 bits per heavy atom. The fourth-order valence-corrected chi connectivity index (χ4v) is 5.19. The third-order valence-corrected chi connectivity index (χ3v) is 6.35. The van der Waals surface area contributed by atoms with Gasteiger partial charge in [-0.2, -0.15) is 0 Å². The number of Topliss-reactive ketones (excluding diaryl/α,β-unsaturated/α-hetero) is 2. The number of rotatable bonds is 3. The van der Waals surface area contributed by atoms with E-state index in [1.165, 1.54) is 0 Å². The van der Waals surface area contributed by atoms with Gasteiger partial charge in [-0.15, -0.1) is 0 Å². The molecular weight excluding hydrogens is 372 g/mol. The minimum Gasteiger partial charge on any atom is -0.369 e. The van der Waals surface area contributed by atoms with Gasteiger partial charge in [-0.3, -0.25) is 9.59 Å². The Morgan fingerprint density at radius 3 is 2.37 bits per heavy atom. The van der Waals surface area contributed by atoms with Gasteiger partial charge in [0.05, 0.1) is 11.3 Å². The molecule has 2 heterocycles. The molecule has 1 N–H and O–H groups in total. The van der Waals surface area contributed by atoms with E-state index in [1.807, 2.05) is 48.5 Å². The molecule has 30 heavy (non-hydrogen) atoms. The van der Waals surface area contributed by atoms with Gasteiger partial charge >= 0.3 is 0 Å². The van der Waals surface area contributed by atoms with Gasteiger partial charge in [0, 0.05) is 31.0 Å². The van der Waals surface area contributed by atoms with Gasteiger partial charge in [0.15, 0.2) is 11.6 Å². The third-order valence-electron chi connectivity index (χ3n) is 6.35. The summed E-state index contributed by atoms with van der Waals surface area (Å²) in [7, 11) is 0. The number of fused-ring (bicyclic) bond motifs is 2. The number of benzene rings is 2. The molecule has 0 saturated carbocycles. The van der Waals surface area contributed by atoms with Crippen molar-refractivity contribution in [3.8, 4) is 0 Å². The van der Waals surface area contributed by atoms with Gasteiger partial charge < -0.3 is 10.2 Å². The van der Waals surface area contributed by atoms with E-state index in [4.69, 9.17) is 0 Å². The van der Waals surface area contributed by atoms with E-state index < -0.39 is 0 Å². The van der Waals surface area contributed by atoms with Crippen molar-refractivity contribution in [1.29, 1.82) is 0 Å². The first-order valence-corrected chi connectivity index (χ1v) is 10.6. The van der Waals surface area contributed by atoms with Crippen LogP contribution in [0.15, 0.2) is 83.3 Å². The zero-order valence-corrected chi connectivity index (χ0v) is 17.4. The summed E-state index contributed by atoms with van der Waals surface area (Å²) in [5.74, 6) is 0.814. The lowest BCUT2D eigenvalue weighted by molar-refractivity contribution is -0.119. The van der Waals surface area contributed by atoms with E-state index in [9.17, 15) is 9.59 Å². The second-order valence-corrected chi connectivity index (χ2v) is 9.19. The van der Waals surface area contributed by atoms with Crippen LogP contribution in [0, 0.1) is 5.41 Å². The van der Waals surface area contributed by atoms with Crippen molar-refractivity contribution in [1.82, 2.24) is 10.2 Å². The molecule has 0 amide bonds. The topological polar surface area (TPSA) is 49.4 Å². The lowest BCUT2D eigenvalue weighted by Gasteiger charge is -2.43. The first-order chi connectivity index (χ1) is 14.5. The molecule has 2 aliphatic heterocycles. The van der Waals surface area contributed by atoms with Crippen molar-refractivity contribution in [2.75, 3.05) is 13.1 Å². The van der Waals surface area contributed by atoms with Gasteiger partial charge in [-0.1, -0.05) is 74.5 Å². The van der Waals surface area contributed by atoms with Crippen molar-refractivity contribution in [2.45, 2.75) is 32.6 Å². The molecule has 5 rings (SSSR count). The second kappa shape index (κ2) is 6.98. The molecule has 152 valence electrons. The van der Waals surface area contributed by atoms with Crippen molar-refractivity contribution < 1.29 is 9.59 Å². The largest absolute Gasteiger partial charge is 0.369 e. The smallest absolute Gasteiger partial charge is 0.193 e. The molecule has 0 bridgehead atoms. The summed E-state index contributed by atoms with van der Waals surface area (Å²) in [4.78, 5) is 29.2. The number of nitrogens with one attached hydrogen (secondary N) is 1. The SMILES string of the molecule is CC1(C)CC(=O)C2=C(C1)C(c1ccccc1)C(C(=O)c1ccccc1)=C1NCCN12. The molecule has 1 fully saturated rings. The maximum absolute atomic E-state index is 13.8. The standard InChI is InChI=1S/C26H26N2O2/c1-26(2)15-19-21(17-9-5-3-6-10-17)22(24(30)18-11-7-4-8-12-18)25-27-13-14-28(25)23(19)20(29)16-26/h3-12,21,27H,13-16H2,1-2H3. The number of hydrogen-bond acceptors (Lipinski definition) is 4. The molecule has 0 radical (unpaired) electrons. The van der Waals surface area contributed by atoms with E-state index in [1.54, 1.807) is 0 Å². The van der Waals surface area contributed by atoms with Crippen LogP contribution in [0.4, 0.5) is 0 Å². The van der Waals surface area contributed by atoms with Crippen LogP contribution in [-0.4, -0.2) is 29.6 Å². The Labute approximate surface area is 177 Å². The van der Waals surface area contributed by atoms with Crippen LogP contribution in [0.1, 0.15) is 48.5 Å². The van der Waals surface area contributed by atoms with Crippen LogP contribution in [0.25, 0.3) is 0 Å². The monoisotopic (exact) mass is 398 g/mol. The molecule has 2 aromatic rings. The third kappa shape index (κ3) is 2.98. The number of allylic oxidation sites excluding steroid dienone is 3. The average molecular weight is 399 g/mol. The van der Waals surface area contributed by atoms with Crippen LogP contribution in [0.3, 0.4) is 0 Å². The summed E-state index contributed by atoms with van der Waals surface area (Å²) < 4.78 is 0. The van der Waals surface area contributed by atoms with Crippen LogP contribution in [0.2, 0.25) is 0 Å². The van der Waals surface area contributed by atoms with Gasteiger partial charge in [-0.05, 0) is 23.0 Å². The molecular formula is C26H26N2O2. The number of hydrogen-bond donors (Lipinski definition) is 1. The van der Waals surface area contributed by atoms with Crippen LogP contribution < -0.4 is 5.32 Å². The van der Waals surface area contributed by atoms with Crippen molar-refractivity contribution in [3.05, 3.63) is 94.5 Å². The molecule has 0 aromatic heterocycles. The van der Waals surface area contributed by atoms with Crippen molar-refractivity contribution >= 4 is 11.6 Å². The summed E-state index contributed by atoms with van der Waals surface area (Å²) >= 11 is 0. The summed E-state index contributed by atoms with van der Waals surface area (Å²) in [6.07, 6.45) is 1.35. The first kappa shape index (κ1) is 18.9. The lowest BCUT2D eigenvalue weighted by atomic mass is 9.67. The molecule has 1 atom stereocenters. The van der Waals surface area contributed by atoms with Crippen molar-refractivity contribution in [3.63, 3.8) is 0 Å². The Kier molecular flexibility index (Phi) is 4.39. The zero-order chi connectivity index (χ0) is 20.9. The highest BCUT2D eigenvalue weighted by molar-refractivity contribution is 6.11. The normalized spacial score (nSPS) is 22.5. The summed E-state index contributed by atoms with van der Waals surface area (Å²) in [6, 6.07) is 19.6. The van der Waals surface area contributed by atoms with Gasteiger partial charge in [-0.25, -0.2) is 0 Å². The zero-order valence-electron chi connectivity index (χ0n) is 17.4. The van der Waals surface area contributed by atoms with E-state index in [0.717, 1.165) is 41.2 Å². The van der Waals surface area contributed by atoms with Gasteiger partial charge in [0.1, 0.15) is 5.82 Å². The maximum atomic E-state index is 13.8. The molecule has 1 saturated heterocycles. The molecule has 2 aromatic carbocycles. The number of carbonyl (C=O) groups is 2. The summed E-state index contributed by atoms with van der Waals surface area (Å²) in [5, 5.41) is 3.43. The van der Waals surface area contributed by atoms with Crippen molar-refractivity contribution in [2.24, 2.45) is 5.41 Å². The predicted octanol–water partition coefficient (Wildman–Crippen LogP) is 4.43. The molecule has 1 unspecified atom stereocenters. The Hall–Kier alpha value is -3.14. The Morgan fingerprint density at radius 2 is 1.67 bits per heavy atom. The number of carbonyl (C=O) groups excluding carboxylic acids is 2. The minimum absolute atomic E-state index is 0.0289. The van der Waals surface area contributed by atoms with Crippen LogP contribution in [-0.2, 0) is 4.79 Å². The van der Waals surface area contributed by atoms with Crippen LogP contribution in [0.5, 0.6) is 0 Å². The molecule has 3 aliphatic rings. The van der Waals surface area contributed by atoms with Gasteiger partial charge in [0.2, 0.25) is 0 Å². The lowest BCUT2D eigenvalue weighted by Crippen LogP contribution is -2.41. The fraction of sp³-hybridized carbons (Fsp3) is 0.308. The van der Waals surface area contributed by atoms with E-state index in [2.05, 4.69) is 36.2 Å². The van der Waals surface area contributed by atoms with E-state index in [-0.39, 0.29) is 22.9 Å². The molecule has 4 nitrogen and oxygen atoms in total. The number of ketones is 2. The quantitative estimate of drug-likeness (QED) is 0.778. The van der Waals surface area contributed by atoms with E-state index in [0.29, 0.717) is 18.5 Å². The summed E-state index contributed by atoms with van der Waals surface area (Å²) in [6.45, 7) is 5.75. The minimum atomic E-state index is -0.214. The Bertz CT molecular complexity index is 1080. The molecule has 4 heteroatoms. The second-order valence-electron chi connectivity index (χ2n) is 9.19. The fourth-order valence-electron chi connectivity index (χ4n) is 5.19. The summed E-state index contributed by atoms with van der Waals surface area (Å²) in [5.41, 5.74) is 4.29. The highest BCUT2D eigenvalue weighted by Crippen LogP contribution is 2.51. The Balaban J connectivity index is 1.75. The highest BCUT2D eigenvalue weighted by Gasteiger charge is 2.47. The average Bonchev–Trinajstić information content (AvgIpc) is 3.21. The van der Waals surface area contributed by atoms with Crippen LogP contribution >= 0.6 is 0 Å². The van der Waals surface area contributed by atoms with E-state index >= 15 is 0 Å². The highest BCUT2D eigenvalue weighted by atomic mass is 16.1. The number of nitrogens with zero attached hydrogens (tertiary/aromatic N) is 1. The molecule has 0 spiro atoms.